The fourth-order valence-corrected chi connectivity index (χ4v) is 1.24. The smallest absolute Gasteiger partial charge is 0.147 e. The molecular formula is C8H16Cl2N4. The van der Waals surface area contributed by atoms with Crippen molar-refractivity contribution >= 4 is 36.3 Å². The molecule has 0 aliphatic rings. The van der Waals surface area contributed by atoms with Gasteiger partial charge in [-0.1, -0.05) is 0 Å². The van der Waals surface area contributed by atoms with Gasteiger partial charge in [-0.05, 0) is 25.0 Å². The first-order valence-electron chi connectivity index (χ1n) is 3.79. The second-order valence-corrected chi connectivity index (χ2v) is 2.80. The van der Waals surface area contributed by atoms with Gasteiger partial charge in [0.05, 0.1) is 5.69 Å². The lowest BCUT2D eigenvalue weighted by Gasteiger charge is -2.11. The Morgan fingerprint density at radius 1 is 1.14 bits per heavy atom. The van der Waals surface area contributed by atoms with Crippen LogP contribution in [0.2, 0.25) is 0 Å². The van der Waals surface area contributed by atoms with Crippen LogP contribution in [0.15, 0.2) is 0 Å². The van der Waals surface area contributed by atoms with Gasteiger partial charge in [-0.25, -0.2) is 4.98 Å². The van der Waals surface area contributed by atoms with Crippen molar-refractivity contribution < 1.29 is 0 Å². The average Bonchev–Trinajstić information content (AvgIpc) is 2.01. The van der Waals surface area contributed by atoms with E-state index in [9.17, 15) is 0 Å². The highest BCUT2D eigenvalue weighted by Crippen LogP contribution is 2.22. The Kier molecular flexibility index (Phi) is 6.64. The van der Waals surface area contributed by atoms with Gasteiger partial charge in [-0.3, -0.25) is 0 Å². The fourth-order valence-electron chi connectivity index (χ4n) is 1.24. The molecule has 1 aromatic rings. The Labute approximate surface area is 96.1 Å². The molecule has 6 heteroatoms. The van der Waals surface area contributed by atoms with Crippen molar-refractivity contribution in [2.45, 2.75) is 20.4 Å². The third-order valence-corrected chi connectivity index (χ3v) is 2.06. The molecule has 0 saturated carbocycles. The van der Waals surface area contributed by atoms with Crippen LogP contribution in [0.25, 0.3) is 0 Å². The van der Waals surface area contributed by atoms with Crippen LogP contribution in [-0.4, -0.2) is 4.98 Å². The maximum absolute atomic E-state index is 5.68. The molecule has 14 heavy (non-hydrogen) atoms. The van der Waals surface area contributed by atoms with Crippen molar-refractivity contribution in [1.82, 2.24) is 4.98 Å². The van der Waals surface area contributed by atoms with Crippen molar-refractivity contribution in [3.05, 3.63) is 16.8 Å². The molecular weight excluding hydrogens is 223 g/mol. The number of rotatable bonds is 1. The number of pyridine rings is 1. The van der Waals surface area contributed by atoms with Gasteiger partial charge >= 0.3 is 0 Å². The van der Waals surface area contributed by atoms with Gasteiger partial charge in [-0.15, -0.1) is 24.8 Å². The molecule has 0 amide bonds. The summed E-state index contributed by atoms with van der Waals surface area (Å²) in [7, 11) is 0. The molecule has 0 aliphatic carbocycles. The van der Waals surface area contributed by atoms with Gasteiger partial charge in [-0.2, -0.15) is 0 Å². The Balaban J connectivity index is 0. The predicted molar refractivity (Wildman–Crippen MR) is 64.9 cm³/mol. The standard InChI is InChI=1S/C8H14N4.2ClH/c1-4-6(3-9)5(2)12-8(11)7(4)10;;/h3,9-10H2,1-2H3,(H2,11,12);2*1H. The molecule has 0 bridgehead atoms. The summed E-state index contributed by atoms with van der Waals surface area (Å²) in [4.78, 5) is 4.08. The summed E-state index contributed by atoms with van der Waals surface area (Å²) in [6, 6.07) is 0. The molecule has 0 atom stereocenters. The van der Waals surface area contributed by atoms with Gasteiger partial charge in [0.2, 0.25) is 0 Å². The Morgan fingerprint density at radius 2 is 1.64 bits per heavy atom. The van der Waals surface area contributed by atoms with E-state index in [1.165, 1.54) is 0 Å². The van der Waals surface area contributed by atoms with Crippen molar-refractivity contribution in [3.63, 3.8) is 0 Å². The summed E-state index contributed by atoms with van der Waals surface area (Å²) in [6.07, 6.45) is 0. The van der Waals surface area contributed by atoms with E-state index in [2.05, 4.69) is 4.98 Å². The predicted octanol–water partition coefficient (Wildman–Crippen LogP) is 1.17. The Hall–Kier alpha value is -0.710. The number of nitrogens with zero attached hydrogens (tertiary/aromatic N) is 1. The lowest BCUT2D eigenvalue weighted by atomic mass is 10.1. The number of nitrogen functional groups attached to an aromatic ring is 2. The van der Waals surface area contributed by atoms with Gasteiger partial charge in [0.1, 0.15) is 5.82 Å². The number of aromatic nitrogens is 1. The third kappa shape index (κ3) is 2.64. The van der Waals surface area contributed by atoms with Crippen LogP contribution >= 0.6 is 24.8 Å². The summed E-state index contributed by atoms with van der Waals surface area (Å²) in [5.74, 6) is 0.391. The molecule has 82 valence electrons. The summed E-state index contributed by atoms with van der Waals surface area (Å²) in [5.41, 5.74) is 20.1. The van der Waals surface area contributed by atoms with E-state index in [1.807, 2.05) is 13.8 Å². The lowest BCUT2D eigenvalue weighted by molar-refractivity contribution is 0.993. The molecule has 0 fully saturated rings. The number of hydrogen-bond acceptors (Lipinski definition) is 4. The van der Waals surface area contributed by atoms with E-state index in [-0.39, 0.29) is 24.8 Å². The molecule has 4 nitrogen and oxygen atoms in total. The largest absolute Gasteiger partial charge is 0.396 e. The minimum Gasteiger partial charge on any atom is -0.396 e. The van der Waals surface area contributed by atoms with Gasteiger partial charge < -0.3 is 17.2 Å². The monoisotopic (exact) mass is 238 g/mol. The number of hydrogen-bond donors (Lipinski definition) is 3. The SMILES string of the molecule is Cc1nc(N)c(N)c(C)c1CN.Cl.Cl. The second-order valence-electron chi connectivity index (χ2n) is 2.80. The van der Waals surface area contributed by atoms with Gasteiger partial charge in [0, 0.05) is 12.2 Å². The van der Waals surface area contributed by atoms with Crippen LogP contribution in [-0.2, 0) is 6.54 Å². The molecule has 0 saturated heterocycles. The minimum atomic E-state index is 0. The van der Waals surface area contributed by atoms with Crippen LogP contribution in [0.1, 0.15) is 16.8 Å². The number of nitrogens with two attached hydrogens (primary N) is 3. The Morgan fingerprint density at radius 3 is 2.07 bits per heavy atom. The molecule has 1 heterocycles. The molecule has 0 spiro atoms. The molecule has 0 aromatic carbocycles. The van der Waals surface area contributed by atoms with Crippen molar-refractivity contribution in [1.29, 1.82) is 0 Å². The zero-order valence-corrected chi connectivity index (χ0v) is 9.84. The molecule has 0 radical (unpaired) electrons. The van der Waals surface area contributed by atoms with E-state index < -0.39 is 0 Å². The molecule has 6 N–H and O–H groups in total. The molecule has 0 aliphatic heterocycles. The molecule has 0 unspecified atom stereocenters. The van der Waals surface area contributed by atoms with Gasteiger partial charge in [0.15, 0.2) is 0 Å². The summed E-state index contributed by atoms with van der Waals surface area (Å²) in [6.45, 7) is 4.24. The summed E-state index contributed by atoms with van der Waals surface area (Å²) >= 11 is 0. The van der Waals surface area contributed by atoms with Crippen LogP contribution in [0, 0.1) is 13.8 Å². The highest BCUT2D eigenvalue weighted by molar-refractivity contribution is 5.85. The molecule has 1 aromatic heterocycles. The number of anilines is 2. The lowest BCUT2D eigenvalue weighted by Crippen LogP contribution is -2.09. The third-order valence-electron chi connectivity index (χ3n) is 2.06. The van der Waals surface area contributed by atoms with Gasteiger partial charge in [0.25, 0.3) is 0 Å². The fraction of sp³-hybridized carbons (Fsp3) is 0.375. The van der Waals surface area contributed by atoms with Crippen LogP contribution in [0.5, 0.6) is 0 Å². The van der Waals surface area contributed by atoms with Crippen molar-refractivity contribution in [3.8, 4) is 0 Å². The number of halogens is 2. The zero-order chi connectivity index (χ0) is 9.30. The van der Waals surface area contributed by atoms with E-state index in [1.54, 1.807) is 0 Å². The van der Waals surface area contributed by atoms with Crippen LogP contribution in [0.4, 0.5) is 11.5 Å². The van der Waals surface area contributed by atoms with E-state index in [0.29, 0.717) is 18.1 Å². The summed E-state index contributed by atoms with van der Waals surface area (Å²) < 4.78 is 0. The normalized spacial score (nSPS) is 8.79. The van der Waals surface area contributed by atoms with E-state index in [0.717, 1.165) is 16.8 Å². The molecule has 1 rings (SSSR count). The highest BCUT2D eigenvalue weighted by atomic mass is 35.5. The first-order valence-corrected chi connectivity index (χ1v) is 3.79. The van der Waals surface area contributed by atoms with E-state index in [4.69, 9.17) is 17.2 Å². The first-order chi connectivity index (χ1) is 5.57. The van der Waals surface area contributed by atoms with Crippen molar-refractivity contribution in [2.24, 2.45) is 5.73 Å². The van der Waals surface area contributed by atoms with Crippen LogP contribution < -0.4 is 17.2 Å². The highest BCUT2D eigenvalue weighted by Gasteiger charge is 2.08. The Bertz CT molecular complexity index is 315. The maximum Gasteiger partial charge on any atom is 0.147 e. The minimum absolute atomic E-state index is 0. The summed E-state index contributed by atoms with van der Waals surface area (Å²) in [5, 5.41) is 0. The van der Waals surface area contributed by atoms with E-state index >= 15 is 0 Å². The maximum atomic E-state index is 5.68. The topological polar surface area (TPSA) is 90.9 Å². The van der Waals surface area contributed by atoms with Crippen molar-refractivity contribution in [2.75, 3.05) is 11.5 Å². The quantitative estimate of drug-likeness (QED) is 0.685. The first kappa shape index (κ1) is 15.7. The average molecular weight is 239 g/mol. The number of aryl methyl sites for hydroxylation is 1. The van der Waals surface area contributed by atoms with Crippen LogP contribution in [0.3, 0.4) is 0 Å². The zero-order valence-electron chi connectivity index (χ0n) is 8.20. The second kappa shape index (κ2) is 5.90.